The summed E-state index contributed by atoms with van der Waals surface area (Å²) >= 11 is 26.6. The van der Waals surface area contributed by atoms with Gasteiger partial charge in [-0.3, -0.25) is 24.2 Å². The first-order chi connectivity index (χ1) is 52.9. The first kappa shape index (κ1) is 83.5. The van der Waals surface area contributed by atoms with E-state index in [1.165, 1.54) is 62.0 Å². The topological polar surface area (TPSA) is 268 Å². The fourth-order valence-electron chi connectivity index (χ4n) is 12.4. The van der Waals surface area contributed by atoms with Gasteiger partial charge < -0.3 is 63.4 Å². The molecule has 3 amide bonds. The van der Waals surface area contributed by atoms with Crippen LogP contribution >= 0.6 is 68.2 Å². The van der Waals surface area contributed by atoms with E-state index in [0.29, 0.717) is 110 Å². The number of anilines is 3. The number of alkyl halides is 6. The Balaban J connectivity index is 0.000000139. The van der Waals surface area contributed by atoms with Gasteiger partial charge in [-0.1, -0.05) is 109 Å². The van der Waals surface area contributed by atoms with Crippen molar-refractivity contribution >= 4 is 122 Å². The number of methoxy groups -OCH3 is 1. The predicted molar refractivity (Wildman–Crippen MR) is 426 cm³/mol. The Labute approximate surface area is 679 Å². The minimum Gasteiger partial charge on any atom is -0.481 e. The van der Waals surface area contributed by atoms with Crippen LogP contribution in [-0.2, 0) is 46.4 Å². The number of fused-ring (bicyclic) bond motifs is 3. The van der Waals surface area contributed by atoms with Gasteiger partial charge in [0.2, 0.25) is 23.6 Å². The minimum atomic E-state index is -3.72. The number of carbonyl (C=O) groups excluding carboxylic acids is 3. The van der Waals surface area contributed by atoms with Crippen molar-refractivity contribution in [1.82, 2.24) is 29.9 Å². The van der Waals surface area contributed by atoms with E-state index in [0.717, 1.165) is 34.3 Å². The van der Waals surface area contributed by atoms with E-state index in [1.54, 1.807) is 67.7 Å². The molecular formula is C78H75BCl4F6IN9O13Si. The van der Waals surface area contributed by atoms with Gasteiger partial charge in [-0.25, -0.2) is 19.9 Å². The van der Waals surface area contributed by atoms with Crippen molar-refractivity contribution in [2.45, 2.75) is 166 Å². The molecule has 0 radical (unpaired) electrons. The molecule has 4 aliphatic heterocycles. The highest BCUT2D eigenvalue weighted by Gasteiger charge is 2.57. The van der Waals surface area contributed by atoms with Gasteiger partial charge in [0.15, 0.2) is 34.5 Å². The van der Waals surface area contributed by atoms with Gasteiger partial charge >= 0.3 is 26.0 Å². The average Bonchev–Trinajstić information content (AvgIpc) is 1.57. The largest absolute Gasteiger partial charge is 0.586 e. The summed E-state index contributed by atoms with van der Waals surface area (Å²) in [5.74, 6) is -0.0310. The van der Waals surface area contributed by atoms with E-state index in [-0.39, 0.29) is 80.4 Å². The summed E-state index contributed by atoms with van der Waals surface area (Å²) in [6.45, 7) is 22.6. The molecule has 4 fully saturated rings. The van der Waals surface area contributed by atoms with Crippen molar-refractivity contribution in [1.29, 1.82) is 0 Å². The molecule has 594 valence electrons. The number of aromatic amines is 1. The maximum atomic E-state index is 13.4. The molecule has 3 aliphatic carbocycles. The first-order valence-electron chi connectivity index (χ1n) is 35.4. The molecule has 0 atom stereocenters. The highest BCUT2D eigenvalue weighted by atomic mass is 127. The molecule has 16 rings (SSSR count). The second-order valence-corrected chi connectivity index (χ2v) is 45.1. The number of amides is 3. The van der Waals surface area contributed by atoms with E-state index >= 15 is 0 Å². The summed E-state index contributed by atoms with van der Waals surface area (Å²) in [7, 11) is 1.11. The first-order valence-corrected chi connectivity index (χ1v) is 43.6. The van der Waals surface area contributed by atoms with Crippen LogP contribution in [0, 0.1) is 20.8 Å². The number of pyridine rings is 6. The molecule has 3 aromatic carbocycles. The number of nitrogens with zero attached hydrogens (tertiary/aromatic N) is 5. The smallest absolute Gasteiger partial charge is 0.481 e. The van der Waals surface area contributed by atoms with Gasteiger partial charge in [0.1, 0.15) is 28.2 Å². The standard InChI is InChI=1S/C23H18ClF2N3O4.C22H16ClF2N3O4.C17H13ClF2N2O3.C13H19BClNO2.C3H9ISi/c1-12-3-6-18(28-19(12)15-10-14(24)11-27-20(15)31-2)29-21(30)22(7-8-22)13-4-5-16-17(9-13)33-23(25,26)32-16;1-11-2-5-17(27-18(11)14-9-13(23)10-26-19(14)29)28-20(30)21(6-7-21)12-3-4-15-16(8-12)32-22(24,25)31-15;1-9-2-5-13(21-14(9)18)22-15(23)16(6-7-16)10-3-4-11-12(8-10)25-17(19,20)24-11;1-6-11-10(7-9(15)8-16-11)14-17-12(2,3)13(4,5)18-14;1-5(2,3)4/h3-6,9-11H,7-8H2,1-2H3,(H,28,29,30);2-5,8-10H,6-7H2,1H3,(H,26,29)(H,27,28,30);2-5,8H,6-7H2,1H3,(H,21,22,23);7-8H,6H2,1-5H3;1-3H3. The number of aryl methyl sites for hydroxylation is 4. The van der Waals surface area contributed by atoms with Gasteiger partial charge in [0.25, 0.3) is 5.56 Å². The SMILES string of the molecule is CCc1ncc(Cl)cc1B1OC(C)(C)C(C)(C)O1.COc1ncc(Cl)cc1-c1nc(NC(=O)C2(c3ccc4c(c3)OC(F)(F)O4)CC2)ccc1C.C[Si](C)(C)I.Cc1ccc(NC(=O)C2(c3ccc4c(c3)OC(F)(F)O4)CC2)nc1-c1cc(Cl)c[nH]c1=O.Cc1ccc(NC(=O)C2(c3ccc4c(c3)OC(F)(F)O4)CC2)nc1Cl. The van der Waals surface area contributed by atoms with Crippen molar-refractivity contribution in [2.24, 2.45) is 0 Å². The molecular weight excluding hydrogens is 1690 g/mol. The molecule has 9 aromatic rings. The lowest BCUT2D eigenvalue weighted by atomic mass is 9.77. The van der Waals surface area contributed by atoms with Gasteiger partial charge in [-0.2, -0.15) is 0 Å². The zero-order chi connectivity index (χ0) is 81.9. The van der Waals surface area contributed by atoms with Crippen LogP contribution in [0.3, 0.4) is 0 Å². The van der Waals surface area contributed by atoms with Crippen LogP contribution in [0.2, 0.25) is 39.9 Å². The third-order valence-corrected chi connectivity index (χ3v) is 20.6. The number of benzene rings is 3. The minimum absolute atomic E-state index is 0.0445. The quantitative estimate of drug-likeness (QED) is 0.0259. The van der Waals surface area contributed by atoms with E-state index in [9.17, 15) is 45.5 Å². The molecule has 4 N–H and O–H groups in total. The Morgan fingerprint density at radius 2 is 0.885 bits per heavy atom. The summed E-state index contributed by atoms with van der Waals surface area (Å²) in [5, 5.41) is 10.1. The molecule has 6 aromatic heterocycles. The number of carbonyl (C=O) groups is 3. The number of rotatable bonds is 14. The Kier molecular flexibility index (Phi) is 23.4. The number of nitrogens with one attached hydrogen (secondary N) is 4. The van der Waals surface area contributed by atoms with Gasteiger partial charge in [-0.05, 0) is 200 Å². The van der Waals surface area contributed by atoms with Crippen molar-refractivity contribution in [3.8, 4) is 62.9 Å². The number of halogens is 11. The molecule has 10 heterocycles. The molecule has 35 heteroatoms. The van der Waals surface area contributed by atoms with Crippen molar-refractivity contribution in [3.05, 3.63) is 197 Å². The third-order valence-electron chi connectivity index (χ3n) is 19.6. The fraction of sp³-hybridized carbons (Fsp3) is 0.346. The molecule has 0 bridgehead atoms. The monoisotopic (exact) mass is 1770 g/mol. The van der Waals surface area contributed by atoms with E-state index in [2.05, 4.69) is 123 Å². The van der Waals surface area contributed by atoms with Crippen LogP contribution in [0.15, 0.2) is 133 Å². The zero-order valence-electron chi connectivity index (χ0n) is 62.9. The van der Waals surface area contributed by atoms with Gasteiger partial charge in [-0.15, -0.1) is 48.1 Å². The highest BCUT2D eigenvalue weighted by Crippen LogP contribution is 2.56. The summed E-state index contributed by atoms with van der Waals surface area (Å²) < 4.78 is 124. The molecule has 3 saturated carbocycles. The summed E-state index contributed by atoms with van der Waals surface area (Å²) in [6.07, 6.45) is -2.33. The summed E-state index contributed by atoms with van der Waals surface area (Å²) in [4.78, 5) is 75.5. The second kappa shape index (κ2) is 31.7. The number of ether oxygens (including phenoxy) is 7. The van der Waals surface area contributed by atoms with E-state index in [4.69, 9.17) is 60.4 Å². The number of aromatic nitrogens is 6. The molecule has 0 spiro atoms. The van der Waals surface area contributed by atoms with E-state index in [1.807, 2.05) is 53.7 Å². The molecule has 7 aliphatic rings. The van der Waals surface area contributed by atoms with Crippen molar-refractivity contribution in [3.63, 3.8) is 0 Å². The summed E-state index contributed by atoms with van der Waals surface area (Å²) in [6, 6.07) is 28.6. The van der Waals surface area contributed by atoms with Gasteiger partial charge in [0, 0.05) is 29.7 Å². The number of hydrogen-bond donors (Lipinski definition) is 4. The van der Waals surface area contributed by atoms with Crippen molar-refractivity contribution < 1.29 is 83.2 Å². The number of hydrogen-bond acceptors (Lipinski definition) is 18. The predicted octanol–water partition coefficient (Wildman–Crippen LogP) is 18.4. The van der Waals surface area contributed by atoms with Crippen molar-refractivity contribution in [2.75, 3.05) is 23.1 Å². The van der Waals surface area contributed by atoms with Crippen LogP contribution in [0.4, 0.5) is 43.8 Å². The Bertz CT molecular complexity index is 5270. The fourth-order valence-corrected chi connectivity index (χ4v) is 13.1. The molecule has 1 saturated heterocycles. The lowest BCUT2D eigenvalue weighted by molar-refractivity contribution is -0.287. The maximum Gasteiger partial charge on any atom is 0.586 e. The number of H-pyrrole nitrogens is 1. The zero-order valence-corrected chi connectivity index (χ0v) is 69.0. The maximum absolute atomic E-state index is 13.4. The third kappa shape index (κ3) is 18.9. The second-order valence-electron chi connectivity index (χ2n) is 29.6. The Morgan fingerprint density at radius 1 is 0.522 bits per heavy atom. The molecule has 113 heavy (non-hydrogen) atoms. The normalized spacial score (nSPS) is 17.8. The van der Waals surface area contributed by atoms with Crippen LogP contribution in [-0.4, -0.2) is 97.5 Å². The van der Waals surface area contributed by atoms with E-state index < -0.39 is 47.8 Å². The average molecular weight is 1770 g/mol. The summed E-state index contributed by atoms with van der Waals surface area (Å²) in [5.41, 5.74) is 3.64. The molecule has 22 nitrogen and oxygen atoms in total. The van der Waals surface area contributed by atoms with Crippen LogP contribution < -0.4 is 60.1 Å². The molecule has 0 unspecified atom stereocenters. The van der Waals surface area contributed by atoms with Crippen LogP contribution in [0.25, 0.3) is 22.5 Å². The lowest BCUT2D eigenvalue weighted by Crippen LogP contribution is -2.41. The lowest BCUT2D eigenvalue weighted by Gasteiger charge is -2.32. The Hall–Kier alpha value is -8.96. The van der Waals surface area contributed by atoms with Gasteiger partial charge in [0.05, 0.1) is 72.1 Å². The van der Waals surface area contributed by atoms with Crippen LogP contribution in [0.1, 0.15) is 112 Å². The van der Waals surface area contributed by atoms with Crippen LogP contribution in [0.5, 0.6) is 40.4 Å². The highest BCUT2D eigenvalue weighted by molar-refractivity contribution is 14.1. The Morgan fingerprint density at radius 3 is 1.27 bits per heavy atom.